The van der Waals surface area contributed by atoms with E-state index >= 15 is 0 Å². The van der Waals surface area contributed by atoms with Crippen molar-refractivity contribution in [2.24, 2.45) is 0 Å². The van der Waals surface area contributed by atoms with Gasteiger partial charge in [-0.05, 0) is 54.1 Å². The third-order valence-electron chi connectivity index (χ3n) is 5.62. The van der Waals surface area contributed by atoms with E-state index in [4.69, 9.17) is 4.74 Å². The molecule has 3 aromatic rings. The Morgan fingerprint density at radius 2 is 1.55 bits per heavy atom. The Hall–Kier alpha value is -3.51. The van der Waals surface area contributed by atoms with Gasteiger partial charge in [0.25, 0.3) is 0 Å². The molecule has 0 bridgehead atoms. The first kappa shape index (κ1) is 20.8. The van der Waals surface area contributed by atoms with Crippen molar-refractivity contribution in [1.82, 2.24) is 4.90 Å². The van der Waals surface area contributed by atoms with Crippen molar-refractivity contribution >= 4 is 17.3 Å². The van der Waals surface area contributed by atoms with E-state index in [1.807, 2.05) is 66.7 Å². The number of carbonyl (C=O) groups excluding carboxylic acids is 1. The molecule has 1 unspecified atom stereocenters. The number of hydrogen-bond donors (Lipinski definition) is 2. The van der Waals surface area contributed by atoms with Crippen LogP contribution in [0.25, 0.3) is 0 Å². The van der Waals surface area contributed by atoms with Gasteiger partial charge in [-0.25, -0.2) is 0 Å². The summed E-state index contributed by atoms with van der Waals surface area (Å²) in [6, 6.07) is 24.2. The van der Waals surface area contributed by atoms with Crippen LogP contribution in [0, 0.1) is 0 Å². The number of benzene rings is 3. The molecule has 1 amide bonds. The number of amides is 1. The quantitative estimate of drug-likeness (QED) is 0.637. The average Bonchev–Trinajstić information content (AvgIpc) is 2.81. The number of hydrogen-bond acceptors (Lipinski definition) is 5. The maximum absolute atomic E-state index is 13.3. The topological polar surface area (TPSA) is 65.0 Å². The van der Waals surface area contributed by atoms with Crippen molar-refractivity contribution in [3.8, 4) is 11.5 Å². The second kappa shape index (κ2) is 9.53. The highest BCUT2D eigenvalue weighted by Gasteiger charge is 2.30. The van der Waals surface area contributed by atoms with Crippen molar-refractivity contribution in [3.63, 3.8) is 0 Å². The summed E-state index contributed by atoms with van der Waals surface area (Å²) in [6.07, 6.45) is 0. The minimum absolute atomic E-state index is 0.0468. The maximum atomic E-state index is 13.3. The second-order valence-corrected chi connectivity index (χ2v) is 7.57. The maximum Gasteiger partial charge on any atom is 0.246 e. The predicted octanol–water partition coefficient (Wildman–Crippen LogP) is 3.90. The monoisotopic (exact) mass is 417 g/mol. The highest BCUT2D eigenvalue weighted by Crippen LogP contribution is 2.27. The zero-order valence-electron chi connectivity index (χ0n) is 17.6. The van der Waals surface area contributed by atoms with E-state index < -0.39 is 0 Å². The molecule has 1 fully saturated rings. The van der Waals surface area contributed by atoms with Crippen LogP contribution in [-0.2, 0) is 4.79 Å². The van der Waals surface area contributed by atoms with Crippen LogP contribution in [0.5, 0.6) is 11.5 Å². The molecule has 31 heavy (non-hydrogen) atoms. The molecule has 1 aliphatic heterocycles. The average molecular weight is 418 g/mol. The van der Waals surface area contributed by atoms with E-state index in [2.05, 4.69) is 15.1 Å². The number of piperazine rings is 1. The lowest BCUT2D eigenvalue weighted by Crippen LogP contribution is -2.50. The summed E-state index contributed by atoms with van der Waals surface area (Å²) < 4.78 is 5.20. The summed E-state index contributed by atoms with van der Waals surface area (Å²) in [7, 11) is 1.62. The van der Waals surface area contributed by atoms with Gasteiger partial charge in [-0.3, -0.25) is 9.69 Å². The summed E-state index contributed by atoms with van der Waals surface area (Å²) >= 11 is 0. The Morgan fingerprint density at radius 1 is 0.903 bits per heavy atom. The first-order valence-electron chi connectivity index (χ1n) is 10.4. The van der Waals surface area contributed by atoms with E-state index in [1.165, 1.54) is 0 Å². The number of methoxy groups -OCH3 is 1. The molecule has 6 heteroatoms. The molecule has 1 heterocycles. The number of ether oxygens (including phenoxy) is 1. The van der Waals surface area contributed by atoms with Crippen molar-refractivity contribution in [3.05, 3.63) is 84.4 Å². The molecule has 2 N–H and O–H groups in total. The number of nitrogens with one attached hydrogen (secondary N) is 1. The first-order valence-corrected chi connectivity index (χ1v) is 10.4. The van der Waals surface area contributed by atoms with Gasteiger partial charge in [-0.1, -0.05) is 30.3 Å². The zero-order valence-corrected chi connectivity index (χ0v) is 17.6. The van der Waals surface area contributed by atoms with Crippen LogP contribution in [-0.4, -0.2) is 49.2 Å². The van der Waals surface area contributed by atoms with E-state index in [9.17, 15) is 9.90 Å². The van der Waals surface area contributed by atoms with Crippen LogP contribution in [0.1, 0.15) is 11.6 Å². The third kappa shape index (κ3) is 4.98. The van der Waals surface area contributed by atoms with Crippen molar-refractivity contribution in [2.75, 3.05) is 43.5 Å². The van der Waals surface area contributed by atoms with E-state index in [0.717, 1.165) is 48.9 Å². The number of nitrogens with zero attached hydrogens (tertiary/aromatic N) is 2. The summed E-state index contributed by atoms with van der Waals surface area (Å²) in [4.78, 5) is 17.8. The molecule has 1 atom stereocenters. The minimum Gasteiger partial charge on any atom is -0.508 e. The van der Waals surface area contributed by atoms with Crippen LogP contribution in [0.2, 0.25) is 0 Å². The van der Waals surface area contributed by atoms with E-state index in [0.29, 0.717) is 0 Å². The standard InChI is InChI=1S/C25H27N3O3/c1-31-23-13-7-20(8-14-23)26-25(30)24(19-5-3-2-4-6-19)28-17-15-27(16-18-28)21-9-11-22(29)12-10-21/h2-14,24,29H,15-18H2,1H3,(H,26,30). The molecule has 0 saturated carbocycles. The Balaban J connectivity index is 1.49. The van der Waals surface area contributed by atoms with Crippen LogP contribution in [0.3, 0.4) is 0 Å². The van der Waals surface area contributed by atoms with Gasteiger partial charge in [0.1, 0.15) is 17.5 Å². The number of phenolic OH excluding ortho intramolecular Hbond substituents is 1. The van der Waals surface area contributed by atoms with E-state index in [-0.39, 0.29) is 17.7 Å². The van der Waals surface area contributed by atoms with Crippen molar-refractivity contribution in [1.29, 1.82) is 0 Å². The van der Waals surface area contributed by atoms with Crippen LogP contribution in [0.15, 0.2) is 78.9 Å². The molecule has 1 aliphatic rings. The predicted molar refractivity (Wildman–Crippen MR) is 123 cm³/mol. The molecule has 1 saturated heterocycles. The van der Waals surface area contributed by atoms with Gasteiger partial charge in [-0.2, -0.15) is 0 Å². The first-order chi connectivity index (χ1) is 15.1. The molecule has 3 aromatic carbocycles. The van der Waals surface area contributed by atoms with Crippen LogP contribution < -0.4 is 15.0 Å². The fraction of sp³-hybridized carbons (Fsp3) is 0.240. The fourth-order valence-electron chi connectivity index (χ4n) is 3.95. The van der Waals surface area contributed by atoms with Crippen LogP contribution in [0.4, 0.5) is 11.4 Å². The van der Waals surface area contributed by atoms with Gasteiger partial charge in [0.05, 0.1) is 7.11 Å². The van der Waals surface area contributed by atoms with Gasteiger partial charge < -0.3 is 20.1 Å². The minimum atomic E-state index is -0.370. The Morgan fingerprint density at radius 3 is 2.16 bits per heavy atom. The molecular formula is C25H27N3O3. The van der Waals surface area contributed by atoms with Gasteiger partial charge in [0.2, 0.25) is 5.91 Å². The summed E-state index contributed by atoms with van der Waals surface area (Å²) in [5.74, 6) is 0.971. The molecule has 0 aromatic heterocycles. The van der Waals surface area contributed by atoms with E-state index in [1.54, 1.807) is 19.2 Å². The van der Waals surface area contributed by atoms with Gasteiger partial charge in [0, 0.05) is 37.6 Å². The largest absolute Gasteiger partial charge is 0.508 e. The second-order valence-electron chi connectivity index (χ2n) is 7.57. The lowest BCUT2D eigenvalue weighted by atomic mass is 10.0. The molecule has 0 radical (unpaired) electrons. The number of anilines is 2. The SMILES string of the molecule is COc1ccc(NC(=O)C(c2ccccc2)N2CCN(c3ccc(O)cc3)CC2)cc1. The summed E-state index contributed by atoms with van der Waals surface area (Å²) in [5, 5.41) is 12.6. The molecule has 0 aliphatic carbocycles. The van der Waals surface area contributed by atoms with Crippen molar-refractivity contribution < 1.29 is 14.6 Å². The molecule has 160 valence electrons. The Labute approximate surface area is 182 Å². The van der Waals surface area contributed by atoms with Crippen molar-refractivity contribution in [2.45, 2.75) is 6.04 Å². The number of aromatic hydroxyl groups is 1. The van der Waals surface area contributed by atoms with Gasteiger partial charge >= 0.3 is 0 Å². The zero-order chi connectivity index (χ0) is 21.6. The lowest BCUT2D eigenvalue weighted by molar-refractivity contribution is -0.121. The van der Waals surface area contributed by atoms with Gasteiger partial charge in [-0.15, -0.1) is 0 Å². The summed E-state index contributed by atoms with van der Waals surface area (Å²) in [6.45, 7) is 3.14. The molecule has 6 nitrogen and oxygen atoms in total. The number of phenols is 1. The highest BCUT2D eigenvalue weighted by molar-refractivity contribution is 5.95. The molecular weight excluding hydrogens is 390 g/mol. The third-order valence-corrected chi connectivity index (χ3v) is 5.62. The lowest BCUT2D eigenvalue weighted by Gasteiger charge is -2.39. The van der Waals surface area contributed by atoms with Crippen LogP contribution >= 0.6 is 0 Å². The number of carbonyl (C=O) groups is 1. The highest BCUT2D eigenvalue weighted by atomic mass is 16.5. The van der Waals surface area contributed by atoms with Gasteiger partial charge in [0.15, 0.2) is 0 Å². The fourth-order valence-corrected chi connectivity index (χ4v) is 3.95. The number of rotatable bonds is 6. The smallest absolute Gasteiger partial charge is 0.246 e. The molecule has 0 spiro atoms. The normalized spacial score (nSPS) is 15.3. The molecule has 4 rings (SSSR count). The Kier molecular flexibility index (Phi) is 6.38. The Bertz CT molecular complexity index is 983. The summed E-state index contributed by atoms with van der Waals surface area (Å²) in [5.41, 5.74) is 2.80.